The fourth-order valence-corrected chi connectivity index (χ4v) is 3.57. The third-order valence-electron chi connectivity index (χ3n) is 3.10. The van der Waals surface area contributed by atoms with Gasteiger partial charge in [0.1, 0.15) is 5.76 Å². The minimum atomic E-state index is -4.28. The van der Waals surface area contributed by atoms with E-state index in [1.165, 1.54) is 17.0 Å². The molecule has 0 radical (unpaired) electrons. The van der Waals surface area contributed by atoms with Gasteiger partial charge in [0.15, 0.2) is 0 Å². The molecule has 120 valence electrons. The number of hydrogen-bond donors (Lipinski definition) is 0. The van der Waals surface area contributed by atoms with Crippen molar-refractivity contribution in [1.82, 2.24) is 9.21 Å². The lowest BCUT2D eigenvalue weighted by Crippen LogP contribution is -2.50. The largest absolute Gasteiger partial charge is 0.447 e. The van der Waals surface area contributed by atoms with Gasteiger partial charge < -0.3 is 4.42 Å². The van der Waals surface area contributed by atoms with Gasteiger partial charge in [-0.05, 0) is 12.1 Å². The summed E-state index contributed by atoms with van der Waals surface area (Å²) in [6, 6.07) is 2.76. The van der Waals surface area contributed by atoms with Crippen LogP contribution in [-0.2, 0) is 15.9 Å². The van der Waals surface area contributed by atoms with Gasteiger partial charge in [0.05, 0.1) is 12.4 Å². The summed E-state index contributed by atoms with van der Waals surface area (Å²) >= 11 is 5.54. The molecule has 0 amide bonds. The van der Waals surface area contributed by atoms with Crippen LogP contribution in [0.1, 0.15) is 5.76 Å². The monoisotopic (exact) mass is 346 g/mol. The van der Waals surface area contributed by atoms with E-state index in [0.717, 1.165) is 4.31 Å². The van der Waals surface area contributed by atoms with Gasteiger partial charge in [0.25, 0.3) is 10.0 Å². The van der Waals surface area contributed by atoms with E-state index in [2.05, 4.69) is 0 Å². The van der Waals surface area contributed by atoms with Crippen molar-refractivity contribution >= 4 is 21.6 Å². The summed E-state index contributed by atoms with van der Waals surface area (Å²) in [5, 5.41) is -0.234. The molecule has 1 aliphatic rings. The van der Waals surface area contributed by atoms with E-state index in [1.54, 1.807) is 0 Å². The van der Waals surface area contributed by atoms with Crippen LogP contribution >= 0.6 is 11.6 Å². The van der Waals surface area contributed by atoms with Gasteiger partial charge in [0.2, 0.25) is 5.09 Å². The highest BCUT2D eigenvalue weighted by atomic mass is 35.5. The first kappa shape index (κ1) is 16.6. The van der Waals surface area contributed by atoms with Crippen molar-refractivity contribution in [1.29, 1.82) is 0 Å². The molecule has 21 heavy (non-hydrogen) atoms. The Balaban J connectivity index is 2.01. The van der Waals surface area contributed by atoms with Crippen molar-refractivity contribution in [2.24, 2.45) is 0 Å². The lowest BCUT2D eigenvalue weighted by Gasteiger charge is -2.33. The molecule has 0 atom stereocenters. The van der Waals surface area contributed by atoms with Gasteiger partial charge in [-0.25, -0.2) is 8.42 Å². The van der Waals surface area contributed by atoms with Crippen LogP contribution in [0.25, 0.3) is 0 Å². The molecule has 2 rings (SSSR count). The van der Waals surface area contributed by atoms with Gasteiger partial charge in [-0.1, -0.05) is 0 Å². The summed E-state index contributed by atoms with van der Waals surface area (Å²) in [6.07, 6.45) is -4.28. The lowest BCUT2D eigenvalue weighted by atomic mass is 10.3. The molecule has 0 saturated carbocycles. The minimum Gasteiger partial charge on any atom is -0.447 e. The third-order valence-corrected chi connectivity index (χ3v) is 5.13. The number of sulfonamides is 1. The average Bonchev–Trinajstić information content (AvgIpc) is 2.87. The van der Waals surface area contributed by atoms with Gasteiger partial charge in [0, 0.05) is 26.2 Å². The van der Waals surface area contributed by atoms with Gasteiger partial charge in [-0.2, -0.15) is 17.5 Å². The molecule has 0 spiro atoms. The zero-order valence-corrected chi connectivity index (χ0v) is 12.5. The van der Waals surface area contributed by atoms with Crippen molar-refractivity contribution in [2.75, 3.05) is 32.7 Å². The Morgan fingerprint density at radius 3 is 2.29 bits per heavy atom. The number of rotatable bonds is 4. The van der Waals surface area contributed by atoms with E-state index in [4.69, 9.17) is 16.0 Å². The first-order chi connectivity index (χ1) is 9.72. The van der Waals surface area contributed by atoms with Crippen LogP contribution in [0.2, 0.25) is 0 Å². The number of nitrogens with zero attached hydrogens (tertiary/aromatic N) is 2. The van der Waals surface area contributed by atoms with Crippen LogP contribution < -0.4 is 0 Å². The van der Waals surface area contributed by atoms with Crippen LogP contribution in [-0.4, -0.2) is 56.5 Å². The smallest absolute Gasteiger partial charge is 0.401 e. The lowest BCUT2D eigenvalue weighted by molar-refractivity contribution is -0.148. The highest BCUT2D eigenvalue weighted by molar-refractivity contribution is 7.89. The fourth-order valence-electron chi connectivity index (χ4n) is 2.08. The molecule has 2 heterocycles. The van der Waals surface area contributed by atoms with Crippen LogP contribution in [0, 0.1) is 0 Å². The van der Waals surface area contributed by atoms with E-state index in [1.807, 2.05) is 0 Å². The minimum absolute atomic E-state index is 0.00464. The number of furan rings is 1. The molecule has 0 aromatic carbocycles. The molecule has 1 aromatic heterocycles. The molecule has 0 unspecified atom stereocenters. The molecule has 1 aromatic rings. The standard InChI is InChI=1S/C11H14ClF3N2O3S/c12-7-9-1-2-10(20-9)21(18,19)17-5-3-16(4-6-17)8-11(13,14)15/h1-2H,3-8H2. The molecule has 5 nitrogen and oxygen atoms in total. The Kier molecular flexibility index (Phi) is 4.86. The Morgan fingerprint density at radius 1 is 1.19 bits per heavy atom. The third kappa shape index (κ3) is 4.12. The van der Waals surface area contributed by atoms with Crippen LogP contribution in [0.3, 0.4) is 0 Å². The fraction of sp³-hybridized carbons (Fsp3) is 0.636. The number of piperazine rings is 1. The number of alkyl halides is 4. The maximum atomic E-state index is 12.3. The molecule has 0 bridgehead atoms. The number of hydrogen-bond acceptors (Lipinski definition) is 4. The van der Waals surface area contributed by atoms with E-state index >= 15 is 0 Å². The summed E-state index contributed by atoms with van der Waals surface area (Å²) in [7, 11) is -3.82. The van der Waals surface area contributed by atoms with E-state index in [9.17, 15) is 21.6 Å². The van der Waals surface area contributed by atoms with Crippen molar-refractivity contribution in [2.45, 2.75) is 17.1 Å². The van der Waals surface area contributed by atoms with Gasteiger partial charge >= 0.3 is 6.18 Å². The van der Waals surface area contributed by atoms with Crippen LogP contribution in [0.5, 0.6) is 0 Å². The van der Waals surface area contributed by atoms with Gasteiger partial charge in [-0.3, -0.25) is 4.90 Å². The van der Waals surface area contributed by atoms with Crippen LogP contribution in [0.15, 0.2) is 21.6 Å². The van der Waals surface area contributed by atoms with Crippen molar-refractivity contribution in [3.63, 3.8) is 0 Å². The first-order valence-corrected chi connectivity index (χ1v) is 8.14. The second-order valence-electron chi connectivity index (χ2n) is 4.65. The highest BCUT2D eigenvalue weighted by Crippen LogP contribution is 2.22. The van der Waals surface area contributed by atoms with Crippen molar-refractivity contribution in [3.8, 4) is 0 Å². The Bertz CT molecular complexity index is 580. The summed E-state index contributed by atoms with van der Waals surface area (Å²) in [6.45, 7) is -0.980. The number of halogens is 4. The predicted molar refractivity (Wildman–Crippen MR) is 69.5 cm³/mol. The maximum absolute atomic E-state index is 12.3. The summed E-state index contributed by atoms with van der Waals surface area (Å²) in [4.78, 5) is 1.18. The van der Waals surface area contributed by atoms with Crippen LogP contribution in [0.4, 0.5) is 13.2 Å². The molecule has 1 fully saturated rings. The molecule has 0 N–H and O–H groups in total. The summed E-state index contributed by atoms with van der Waals surface area (Å²) < 4.78 is 67.6. The van der Waals surface area contributed by atoms with E-state index in [0.29, 0.717) is 5.76 Å². The Morgan fingerprint density at radius 2 is 1.81 bits per heavy atom. The molecule has 1 aliphatic heterocycles. The molecular weight excluding hydrogens is 333 g/mol. The summed E-state index contributed by atoms with van der Waals surface area (Å²) in [5.74, 6) is 0.375. The molecule has 1 saturated heterocycles. The Hall–Kier alpha value is -0.770. The first-order valence-electron chi connectivity index (χ1n) is 6.16. The van der Waals surface area contributed by atoms with Crippen molar-refractivity contribution in [3.05, 3.63) is 17.9 Å². The SMILES string of the molecule is O=S(=O)(c1ccc(CCl)o1)N1CCN(CC(F)(F)F)CC1. The molecule has 10 heteroatoms. The second kappa shape index (κ2) is 6.15. The normalized spacial score (nSPS) is 19.0. The second-order valence-corrected chi connectivity index (χ2v) is 6.79. The quantitative estimate of drug-likeness (QED) is 0.781. The Labute approximate surface area is 125 Å². The predicted octanol–water partition coefficient (Wildman–Crippen LogP) is 1.89. The average molecular weight is 347 g/mol. The van der Waals surface area contributed by atoms with Gasteiger partial charge in [-0.15, -0.1) is 11.6 Å². The zero-order chi connectivity index (χ0) is 15.7. The van der Waals surface area contributed by atoms with E-state index < -0.39 is 22.7 Å². The molecular formula is C11H14ClF3N2O3S. The van der Waals surface area contributed by atoms with E-state index in [-0.39, 0.29) is 37.2 Å². The molecule has 0 aliphatic carbocycles. The summed E-state index contributed by atoms with van der Waals surface area (Å²) in [5.41, 5.74) is 0. The maximum Gasteiger partial charge on any atom is 0.401 e. The highest BCUT2D eigenvalue weighted by Gasteiger charge is 2.35. The van der Waals surface area contributed by atoms with Crippen molar-refractivity contribution < 1.29 is 26.0 Å². The zero-order valence-electron chi connectivity index (χ0n) is 10.9. The topological polar surface area (TPSA) is 53.8 Å².